The van der Waals surface area contributed by atoms with Crippen LogP contribution in [-0.4, -0.2) is 56.6 Å². The van der Waals surface area contributed by atoms with Crippen molar-refractivity contribution >= 4 is 28.8 Å². The number of nitrogens with zero attached hydrogens (tertiary/aromatic N) is 4. The largest absolute Gasteiger partial charge is 0.322 e. The summed E-state index contributed by atoms with van der Waals surface area (Å²) in [5.74, 6) is -0.275. The van der Waals surface area contributed by atoms with E-state index in [1.807, 2.05) is 24.4 Å². The number of likely N-dealkylation sites (tertiary alicyclic amines) is 1. The summed E-state index contributed by atoms with van der Waals surface area (Å²) < 4.78 is 0. The van der Waals surface area contributed by atoms with E-state index in [-0.39, 0.29) is 24.1 Å². The van der Waals surface area contributed by atoms with Gasteiger partial charge in [0.2, 0.25) is 11.8 Å². The van der Waals surface area contributed by atoms with Crippen molar-refractivity contribution in [2.75, 3.05) is 13.1 Å². The van der Waals surface area contributed by atoms with Gasteiger partial charge in [0.25, 0.3) is 5.91 Å². The first-order valence-corrected chi connectivity index (χ1v) is 13.8. The molecule has 8 nitrogen and oxygen atoms in total. The van der Waals surface area contributed by atoms with E-state index < -0.39 is 6.04 Å². The zero-order valence-electron chi connectivity index (χ0n) is 21.4. The minimum Gasteiger partial charge on any atom is -0.322 e. The molecule has 3 fully saturated rings. The molecule has 1 atom stereocenters. The van der Waals surface area contributed by atoms with Gasteiger partial charge >= 0.3 is 0 Å². The Hall–Kier alpha value is -3.65. The molecule has 194 valence electrons. The molecule has 3 amide bonds. The molecule has 1 unspecified atom stereocenters. The highest BCUT2D eigenvalue weighted by atomic mass is 16.2. The number of hydrogen-bond donors (Lipinski definition) is 1. The Kier molecular flexibility index (Phi) is 5.73. The molecule has 1 saturated carbocycles. The molecule has 0 spiro atoms. The van der Waals surface area contributed by atoms with Crippen molar-refractivity contribution in [3.8, 4) is 11.3 Å². The van der Waals surface area contributed by atoms with E-state index in [4.69, 9.17) is 9.97 Å². The number of amides is 3. The summed E-state index contributed by atoms with van der Waals surface area (Å²) in [6.45, 7) is 3.44. The first kappa shape index (κ1) is 23.5. The lowest BCUT2D eigenvalue weighted by molar-refractivity contribution is -0.136. The topological polar surface area (TPSA) is 95.5 Å². The number of nitrogens with one attached hydrogen (secondary N) is 1. The van der Waals surface area contributed by atoms with Crippen LogP contribution in [0.15, 0.2) is 36.5 Å². The van der Waals surface area contributed by atoms with Gasteiger partial charge in [-0.2, -0.15) is 0 Å². The highest BCUT2D eigenvalue weighted by molar-refractivity contribution is 6.05. The maximum Gasteiger partial charge on any atom is 0.255 e. The second kappa shape index (κ2) is 9.27. The van der Waals surface area contributed by atoms with Crippen LogP contribution >= 0.6 is 0 Å². The van der Waals surface area contributed by atoms with Crippen molar-refractivity contribution in [2.24, 2.45) is 0 Å². The van der Waals surface area contributed by atoms with E-state index in [9.17, 15) is 14.4 Å². The minimum atomic E-state index is -0.613. The molecule has 3 aliphatic heterocycles. The third-order valence-electron chi connectivity index (χ3n) is 8.76. The van der Waals surface area contributed by atoms with Gasteiger partial charge in [-0.05, 0) is 92.1 Å². The fourth-order valence-corrected chi connectivity index (χ4v) is 6.44. The number of hydrogen-bond acceptors (Lipinski definition) is 6. The normalized spacial score (nSPS) is 22.2. The monoisotopic (exact) mass is 509 g/mol. The molecule has 1 aliphatic carbocycles. The standard InChI is InChI=1S/C30H31N5O3/c36-26-9-8-25(29(37)33-26)35-17-20-14-19(6-7-23(20)30(35)38)24-15-21(16-34-12-1-2-13-34)27-28(32-24)22(10-11-31-27)18-4-3-5-18/h6-7,10-11,14-15,18,25H,1-5,8-9,12-13,16-17H2,(H,33,36,37). The Morgan fingerprint density at radius 1 is 0.947 bits per heavy atom. The van der Waals surface area contributed by atoms with E-state index in [2.05, 4.69) is 22.3 Å². The Balaban J connectivity index is 1.27. The smallest absolute Gasteiger partial charge is 0.255 e. The molecule has 8 heteroatoms. The van der Waals surface area contributed by atoms with Gasteiger partial charge in [-0.1, -0.05) is 12.5 Å². The zero-order valence-corrected chi connectivity index (χ0v) is 21.4. The van der Waals surface area contributed by atoms with Crippen molar-refractivity contribution in [3.63, 3.8) is 0 Å². The molecule has 1 N–H and O–H groups in total. The average molecular weight is 510 g/mol. The molecule has 7 rings (SSSR count). The number of carbonyl (C=O) groups is 3. The lowest BCUT2D eigenvalue weighted by Crippen LogP contribution is -2.52. The number of aromatic nitrogens is 2. The zero-order chi connectivity index (χ0) is 25.8. The summed E-state index contributed by atoms with van der Waals surface area (Å²) in [5, 5.41) is 2.38. The Labute approximate surface area is 221 Å². The molecule has 1 aromatic carbocycles. The molecule has 38 heavy (non-hydrogen) atoms. The number of rotatable bonds is 5. The van der Waals surface area contributed by atoms with E-state index in [0.29, 0.717) is 24.4 Å². The predicted octanol–water partition coefficient (Wildman–Crippen LogP) is 3.92. The second-order valence-corrected chi connectivity index (χ2v) is 11.1. The van der Waals surface area contributed by atoms with Crippen molar-refractivity contribution in [3.05, 3.63) is 58.8 Å². The average Bonchev–Trinajstić information content (AvgIpc) is 3.51. The molecule has 4 aliphatic rings. The summed E-state index contributed by atoms with van der Waals surface area (Å²) >= 11 is 0. The molecular weight excluding hydrogens is 478 g/mol. The maximum atomic E-state index is 13.2. The summed E-state index contributed by atoms with van der Waals surface area (Å²) in [6.07, 6.45) is 8.68. The van der Waals surface area contributed by atoms with Crippen LogP contribution in [0.2, 0.25) is 0 Å². The third-order valence-corrected chi connectivity index (χ3v) is 8.76. The maximum absolute atomic E-state index is 13.2. The van der Waals surface area contributed by atoms with E-state index in [1.165, 1.54) is 43.2 Å². The van der Waals surface area contributed by atoms with E-state index >= 15 is 0 Å². The summed E-state index contributed by atoms with van der Waals surface area (Å²) in [5.41, 5.74) is 7.89. The van der Waals surface area contributed by atoms with Crippen molar-refractivity contribution < 1.29 is 14.4 Å². The van der Waals surface area contributed by atoms with Crippen LogP contribution < -0.4 is 5.32 Å². The van der Waals surface area contributed by atoms with E-state index in [1.54, 1.807) is 4.90 Å². The van der Waals surface area contributed by atoms with Crippen LogP contribution in [0, 0.1) is 0 Å². The Morgan fingerprint density at radius 3 is 2.55 bits per heavy atom. The Bertz CT molecular complexity index is 1470. The summed E-state index contributed by atoms with van der Waals surface area (Å²) in [7, 11) is 0. The van der Waals surface area contributed by atoms with Gasteiger partial charge in [0.1, 0.15) is 6.04 Å². The Morgan fingerprint density at radius 2 is 1.79 bits per heavy atom. The highest BCUT2D eigenvalue weighted by Crippen LogP contribution is 2.40. The lowest BCUT2D eigenvalue weighted by Gasteiger charge is -2.29. The van der Waals surface area contributed by atoms with Crippen LogP contribution in [0.5, 0.6) is 0 Å². The predicted molar refractivity (Wildman–Crippen MR) is 142 cm³/mol. The molecule has 0 radical (unpaired) electrons. The summed E-state index contributed by atoms with van der Waals surface area (Å²) in [6, 6.07) is 9.58. The number of imide groups is 1. The van der Waals surface area contributed by atoms with Crippen LogP contribution in [0.4, 0.5) is 0 Å². The number of carbonyl (C=O) groups excluding carboxylic acids is 3. The van der Waals surface area contributed by atoms with Gasteiger partial charge in [0.15, 0.2) is 0 Å². The molecule has 2 saturated heterocycles. The first-order valence-electron chi connectivity index (χ1n) is 13.8. The van der Waals surface area contributed by atoms with Gasteiger partial charge in [-0.15, -0.1) is 0 Å². The van der Waals surface area contributed by atoms with Crippen molar-refractivity contribution in [1.82, 2.24) is 25.1 Å². The molecule has 0 bridgehead atoms. The number of fused-ring (bicyclic) bond motifs is 2. The molecular formula is C30H31N5O3. The van der Waals surface area contributed by atoms with Gasteiger partial charge in [0, 0.05) is 36.8 Å². The number of pyridine rings is 2. The molecule has 2 aromatic heterocycles. The fraction of sp³-hybridized carbons (Fsp3) is 0.433. The van der Waals surface area contributed by atoms with Crippen molar-refractivity contribution in [1.29, 1.82) is 0 Å². The lowest BCUT2D eigenvalue weighted by atomic mass is 9.79. The second-order valence-electron chi connectivity index (χ2n) is 11.1. The fourth-order valence-electron chi connectivity index (χ4n) is 6.44. The SMILES string of the molecule is O=C1CCC(N2Cc3cc(-c4cc(CN5CCCC5)c5nccc(C6CCC6)c5n4)ccc3C2=O)C(=O)N1. The van der Waals surface area contributed by atoms with Gasteiger partial charge < -0.3 is 4.90 Å². The van der Waals surface area contributed by atoms with E-state index in [0.717, 1.165) is 47.5 Å². The number of benzene rings is 1. The first-order chi connectivity index (χ1) is 18.5. The quantitative estimate of drug-likeness (QED) is 0.524. The molecule has 3 aromatic rings. The number of piperidine rings is 1. The van der Waals surface area contributed by atoms with Crippen LogP contribution in [0.3, 0.4) is 0 Å². The van der Waals surface area contributed by atoms with Crippen LogP contribution in [0.25, 0.3) is 22.3 Å². The third kappa shape index (κ3) is 3.98. The molecule has 5 heterocycles. The van der Waals surface area contributed by atoms with Crippen LogP contribution in [0.1, 0.15) is 77.9 Å². The van der Waals surface area contributed by atoms with Gasteiger partial charge in [0.05, 0.1) is 16.7 Å². The minimum absolute atomic E-state index is 0.154. The van der Waals surface area contributed by atoms with Crippen molar-refractivity contribution in [2.45, 2.75) is 70.0 Å². The van der Waals surface area contributed by atoms with Gasteiger partial charge in [-0.25, -0.2) is 4.98 Å². The van der Waals surface area contributed by atoms with Crippen LogP contribution in [-0.2, 0) is 22.7 Å². The van der Waals surface area contributed by atoms with Gasteiger partial charge in [-0.3, -0.25) is 29.6 Å². The summed E-state index contributed by atoms with van der Waals surface area (Å²) in [4.78, 5) is 51.3. The highest BCUT2D eigenvalue weighted by Gasteiger charge is 2.39.